The fourth-order valence-corrected chi connectivity index (χ4v) is 2.47. The van der Waals surface area contributed by atoms with Gasteiger partial charge in [-0.05, 0) is 39.8 Å². The third-order valence-electron chi connectivity index (χ3n) is 2.40. The number of ether oxygens (including phenoxy) is 2. The highest BCUT2D eigenvalue weighted by molar-refractivity contribution is 7.99. The highest BCUT2D eigenvalue weighted by Gasteiger charge is 2.14. The normalized spacial score (nSPS) is 13.2. The molecule has 0 amide bonds. The molecular formula is C15H25NO2S. The lowest BCUT2D eigenvalue weighted by Crippen LogP contribution is -2.15. The maximum Gasteiger partial charge on any atom is 0.109 e. The minimum atomic E-state index is 0.0604. The Kier molecular flexibility index (Phi) is 8.10. The Labute approximate surface area is 121 Å². The van der Waals surface area contributed by atoms with Crippen LogP contribution >= 0.6 is 11.8 Å². The number of thioether (sulfide) groups is 1. The molecule has 19 heavy (non-hydrogen) atoms. The van der Waals surface area contributed by atoms with E-state index in [0.29, 0.717) is 6.10 Å². The molecule has 3 nitrogen and oxygen atoms in total. The molecule has 1 aromatic rings. The van der Waals surface area contributed by atoms with Gasteiger partial charge in [-0.3, -0.25) is 4.98 Å². The standard InChI is InChI=1S/C15H25NO2S/c1-12(2)17-9-10-19-11-15(18-13(3)4)14-7-5-6-8-16-14/h5-8,12-13,15H,9-11H2,1-4H3. The minimum absolute atomic E-state index is 0.0604. The summed E-state index contributed by atoms with van der Waals surface area (Å²) < 4.78 is 11.5. The molecule has 0 aromatic carbocycles. The van der Waals surface area contributed by atoms with Gasteiger partial charge in [-0.1, -0.05) is 6.07 Å². The molecule has 1 atom stereocenters. The van der Waals surface area contributed by atoms with Crippen molar-refractivity contribution in [3.63, 3.8) is 0 Å². The van der Waals surface area contributed by atoms with E-state index in [1.54, 1.807) is 0 Å². The van der Waals surface area contributed by atoms with E-state index in [4.69, 9.17) is 9.47 Å². The van der Waals surface area contributed by atoms with Crippen LogP contribution in [0.15, 0.2) is 24.4 Å². The second kappa shape index (κ2) is 9.34. The first-order valence-electron chi connectivity index (χ1n) is 6.85. The summed E-state index contributed by atoms with van der Waals surface area (Å²) in [7, 11) is 0. The topological polar surface area (TPSA) is 31.4 Å². The van der Waals surface area contributed by atoms with Crippen molar-refractivity contribution >= 4 is 11.8 Å². The van der Waals surface area contributed by atoms with Crippen LogP contribution in [0.2, 0.25) is 0 Å². The fourth-order valence-electron chi connectivity index (χ4n) is 1.62. The summed E-state index contributed by atoms with van der Waals surface area (Å²) in [5.41, 5.74) is 1.01. The Bertz CT molecular complexity index is 330. The average Bonchev–Trinajstić information content (AvgIpc) is 2.37. The second-order valence-corrected chi connectivity index (χ2v) is 6.07. The quantitative estimate of drug-likeness (QED) is 0.647. The predicted octanol–water partition coefficient (Wildman–Crippen LogP) is 3.71. The highest BCUT2D eigenvalue weighted by atomic mass is 32.2. The van der Waals surface area contributed by atoms with E-state index >= 15 is 0 Å². The van der Waals surface area contributed by atoms with E-state index in [9.17, 15) is 0 Å². The number of rotatable bonds is 9. The predicted molar refractivity (Wildman–Crippen MR) is 81.6 cm³/mol. The SMILES string of the molecule is CC(C)OCCSCC(OC(C)C)c1ccccn1. The molecule has 0 saturated heterocycles. The summed E-state index contributed by atoms with van der Waals surface area (Å²) in [6.07, 6.45) is 2.39. The molecule has 1 unspecified atom stereocenters. The molecule has 0 aliphatic rings. The molecule has 0 fully saturated rings. The summed E-state index contributed by atoms with van der Waals surface area (Å²) in [6, 6.07) is 5.96. The second-order valence-electron chi connectivity index (χ2n) is 4.92. The van der Waals surface area contributed by atoms with Crippen molar-refractivity contribution in [1.29, 1.82) is 0 Å². The van der Waals surface area contributed by atoms with Crippen molar-refractivity contribution in [3.8, 4) is 0 Å². The number of pyridine rings is 1. The summed E-state index contributed by atoms with van der Waals surface area (Å²) in [5, 5.41) is 0. The lowest BCUT2D eigenvalue weighted by molar-refractivity contribution is 0.0183. The van der Waals surface area contributed by atoms with Crippen LogP contribution in [0, 0.1) is 0 Å². The number of nitrogens with zero attached hydrogens (tertiary/aromatic N) is 1. The van der Waals surface area contributed by atoms with Crippen LogP contribution in [0.3, 0.4) is 0 Å². The molecule has 1 rings (SSSR count). The van der Waals surface area contributed by atoms with Gasteiger partial charge in [0.05, 0.1) is 24.5 Å². The van der Waals surface area contributed by atoms with Crippen molar-refractivity contribution in [2.45, 2.75) is 46.0 Å². The monoisotopic (exact) mass is 283 g/mol. The number of hydrogen-bond acceptors (Lipinski definition) is 4. The zero-order chi connectivity index (χ0) is 14.1. The molecule has 0 saturated carbocycles. The Morgan fingerprint density at radius 2 is 1.95 bits per heavy atom. The van der Waals surface area contributed by atoms with Crippen molar-refractivity contribution in [3.05, 3.63) is 30.1 Å². The average molecular weight is 283 g/mol. The molecule has 0 aliphatic carbocycles. The van der Waals surface area contributed by atoms with Crippen molar-refractivity contribution in [2.24, 2.45) is 0 Å². The largest absolute Gasteiger partial charge is 0.378 e. The van der Waals surface area contributed by atoms with E-state index in [-0.39, 0.29) is 12.2 Å². The van der Waals surface area contributed by atoms with E-state index in [0.717, 1.165) is 23.8 Å². The van der Waals surface area contributed by atoms with Gasteiger partial charge in [0.15, 0.2) is 0 Å². The molecule has 1 aromatic heterocycles. The van der Waals surface area contributed by atoms with Crippen LogP contribution < -0.4 is 0 Å². The van der Waals surface area contributed by atoms with Gasteiger partial charge in [-0.15, -0.1) is 0 Å². The first kappa shape index (κ1) is 16.5. The zero-order valence-electron chi connectivity index (χ0n) is 12.3. The van der Waals surface area contributed by atoms with Gasteiger partial charge in [0.1, 0.15) is 6.10 Å². The third kappa shape index (κ3) is 7.55. The summed E-state index contributed by atoms with van der Waals surface area (Å²) in [4.78, 5) is 4.39. The molecule has 4 heteroatoms. The van der Waals surface area contributed by atoms with Crippen LogP contribution in [0.1, 0.15) is 39.5 Å². The molecule has 0 spiro atoms. The van der Waals surface area contributed by atoms with Crippen molar-refractivity contribution < 1.29 is 9.47 Å². The van der Waals surface area contributed by atoms with Crippen LogP contribution in [0.25, 0.3) is 0 Å². The summed E-state index contributed by atoms with van der Waals surface area (Å²) in [5.74, 6) is 1.90. The maximum absolute atomic E-state index is 5.94. The van der Waals surface area contributed by atoms with Crippen molar-refractivity contribution in [1.82, 2.24) is 4.98 Å². The van der Waals surface area contributed by atoms with Gasteiger partial charge >= 0.3 is 0 Å². The van der Waals surface area contributed by atoms with E-state index in [2.05, 4.69) is 32.7 Å². The third-order valence-corrected chi connectivity index (χ3v) is 3.40. The number of aromatic nitrogens is 1. The summed E-state index contributed by atoms with van der Waals surface area (Å²) >= 11 is 1.85. The van der Waals surface area contributed by atoms with E-state index in [1.165, 1.54) is 0 Å². The van der Waals surface area contributed by atoms with Crippen LogP contribution in [-0.2, 0) is 9.47 Å². The molecular weight excluding hydrogens is 258 g/mol. The lowest BCUT2D eigenvalue weighted by Gasteiger charge is -2.19. The summed E-state index contributed by atoms with van der Waals surface area (Å²) in [6.45, 7) is 9.02. The Balaban J connectivity index is 2.38. The smallest absolute Gasteiger partial charge is 0.109 e. The van der Waals surface area contributed by atoms with E-state index in [1.807, 2.05) is 36.2 Å². The van der Waals surface area contributed by atoms with Crippen LogP contribution in [0.4, 0.5) is 0 Å². The van der Waals surface area contributed by atoms with Gasteiger partial charge in [0.2, 0.25) is 0 Å². The minimum Gasteiger partial charge on any atom is -0.378 e. The van der Waals surface area contributed by atoms with E-state index < -0.39 is 0 Å². The number of hydrogen-bond donors (Lipinski definition) is 0. The van der Waals surface area contributed by atoms with Gasteiger partial charge in [0, 0.05) is 17.7 Å². The first-order chi connectivity index (χ1) is 9.09. The Hall–Kier alpha value is -0.580. The zero-order valence-corrected chi connectivity index (χ0v) is 13.2. The Morgan fingerprint density at radius 3 is 2.53 bits per heavy atom. The van der Waals surface area contributed by atoms with Gasteiger partial charge in [-0.25, -0.2) is 0 Å². The molecule has 0 bridgehead atoms. The Morgan fingerprint density at radius 1 is 1.16 bits per heavy atom. The fraction of sp³-hybridized carbons (Fsp3) is 0.667. The molecule has 0 N–H and O–H groups in total. The van der Waals surface area contributed by atoms with Crippen LogP contribution in [-0.4, -0.2) is 35.3 Å². The molecule has 108 valence electrons. The maximum atomic E-state index is 5.94. The molecule has 0 aliphatic heterocycles. The molecule has 0 radical (unpaired) electrons. The molecule has 1 heterocycles. The lowest BCUT2D eigenvalue weighted by atomic mass is 10.2. The first-order valence-corrected chi connectivity index (χ1v) is 8.00. The van der Waals surface area contributed by atoms with Gasteiger partial charge in [0.25, 0.3) is 0 Å². The van der Waals surface area contributed by atoms with Crippen LogP contribution in [0.5, 0.6) is 0 Å². The highest BCUT2D eigenvalue weighted by Crippen LogP contribution is 2.22. The van der Waals surface area contributed by atoms with Gasteiger partial charge in [-0.2, -0.15) is 11.8 Å². The van der Waals surface area contributed by atoms with Gasteiger partial charge < -0.3 is 9.47 Å². The van der Waals surface area contributed by atoms with Crippen molar-refractivity contribution in [2.75, 3.05) is 18.1 Å².